The van der Waals surface area contributed by atoms with Crippen molar-refractivity contribution in [1.29, 1.82) is 0 Å². The second-order valence-corrected chi connectivity index (χ2v) is 6.21. The number of hydrogen-bond donors (Lipinski definition) is 2. The molecule has 0 aliphatic heterocycles. The first-order chi connectivity index (χ1) is 11.6. The monoisotopic (exact) mass is 322 g/mol. The third-order valence-corrected chi connectivity index (χ3v) is 4.19. The number of benzene rings is 2. The van der Waals surface area contributed by atoms with Crippen molar-refractivity contribution in [2.24, 2.45) is 0 Å². The number of fused-ring (bicyclic) bond motifs is 1. The van der Waals surface area contributed by atoms with Crippen LogP contribution in [0.3, 0.4) is 0 Å². The average molecular weight is 322 g/mol. The van der Waals surface area contributed by atoms with Crippen LogP contribution in [0.4, 0.5) is 5.69 Å². The third-order valence-electron chi connectivity index (χ3n) is 4.19. The summed E-state index contributed by atoms with van der Waals surface area (Å²) in [5.74, 6) is 1.29. The molecule has 0 saturated heterocycles. The van der Waals surface area contributed by atoms with Crippen LogP contribution < -0.4 is 15.6 Å². The summed E-state index contributed by atoms with van der Waals surface area (Å²) < 4.78 is 5.24. The van der Waals surface area contributed by atoms with E-state index in [2.05, 4.69) is 36.3 Å². The van der Waals surface area contributed by atoms with E-state index in [1.807, 2.05) is 36.4 Å². The fourth-order valence-corrected chi connectivity index (χ4v) is 2.67. The minimum Gasteiger partial charge on any atom is -0.497 e. The first-order valence-corrected chi connectivity index (χ1v) is 8.10. The SMILES string of the molecule is COc1ccc2[nH]c(=O)c(CNc3ccc(C(C)C)cc3)cc2c1. The van der Waals surface area contributed by atoms with E-state index < -0.39 is 0 Å². The predicted octanol–water partition coefficient (Wildman–Crippen LogP) is 4.27. The Bertz CT molecular complexity index is 896. The lowest BCUT2D eigenvalue weighted by Crippen LogP contribution is -2.15. The van der Waals surface area contributed by atoms with Crippen LogP contribution in [0.15, 0.2) is 53.3 Å². The Morgan fingerprint density at radius 2 is 1.83 bits per heavy atom. The van der Waals surface area contributed by atoms with E-state index in [0.29, 0.717) is 18.0 Å². The number of H-pyrrole nitrogens is 1. The van der Waals surface area contributed by atoms with Crippen molar-refractivity contribution in [3.8, 4) is 5.75 Å². The third kappa shape index (κ3) is 3.43. The normalized spacial score (nSPS) is 11.0. The van der Waals surface area contributed by atoms with Gasteiger partial charge in [0.1, 0.15) is 5.75 Å². The van der Waals surface area contributed by atoms with Crippen molar-refractivity contribution < 1.29 is 4.74 Å². The van der Waals surface area contributed by atoms with Gasteiger partial charge in [-0.15, -0.1) is 0 Å². The Morgan fingerprint density at radius 1 is 1.08 bits per heavy atom. The van der Waals surface area contributed by atoms with E-state index in [1.165, 1.54) is 5.56 Å². The van der Waals surface area contributed by atoms with Gasteiger partial charge < -0.3 is 15.0 Å². The molecule has 0 fully saturated rings. The van der Waals surface area contributed by atoms with Gasteiger partial charge in [0.05, 0.1) is 7.11 Å². The molecule has 0 unspecified atom stereocenters. The van der Waals surface area contributed by atoms with Gasteiger partial charge in [0, 0.05) is 28.7 Å². The number of anilines is 1. The molecule has 0 spiro atoms. The Kier molecular flexibility index (Phi) is 4.56. The lowest BCUT2D eigenvalue weighted by atomic mass is 10.0. The zero-order chi connectivity index (χ0) is 17.1. The zero-order valence-corrected chi connectivity index (χ0v) is 14.2. The maximum Gasteiger partial charge on any atom is 0.253 e. The minimum atomic E-state index is -0.0704. The van der Waals surface area contributed by atoms with E-state index in [-0.39, 0.29) is 5.56 Å². The second kappa shape index (κ2) is 6.79. The number of pyridine rings is 1. The maximum atomic E-state index is 12.2. The molecule has 0 aliphatic carbocycles. The minimum absolute atomic E-state index is 0.0704. The fourth-order valence-electron chi connectivity index (χ4n) is 2.67. The van der Waals surface area contributed by atoms with E-state index in [1.54, 1.807) is 7.11 Å². The van der Waals surface area contributed by atoms with Crippen LogP contribution in [0.2, 0.25) is 0 Å². The molecule has 0 radical (unpaired) electrons. The smallest absolute Gasteiger partial charge is 0.253 e. The van der Waals surface area contributed by atoms with E-state index in [0.717, 1.165) is 22.3 Å². The molecule has 0 atom stereocenters. The Labute approximate surface area is 141 Å². The molecule has 0 amide bonds. The molecule has 1 heterocycles. The number of nitrogens with one attached hydrogen (secondary N) is 2. The van der Waals surface area contributed by atoms with Gasteiger partial charge in [-0.2, -0.15) is 0 Å². The molecule has 0 aliphatic rings. The quantitative estimate of drug-likeness (QED) is 0.737. The molecule has 2 aromatic carbocycles. The molecular formula is C20H22N2O2. The number of rotatable bonds is 5. The predicted molar refractivity (Wildman–Crippen MR) is 99.0 cm³/mol. The first-order valence-electron chi connectivity index (χ1n) is 8.10. The Balaban J connectivity index is 1.81. The molecule has 1 aromatic heterocycles. The van der Waals surface area contributed by atoms with Gasteiger partial charge in [0.2, 0.25) is 0 Å². The van der Waals surface area contributed by atoms with Gasteiger partial charge >= 0.3 is 0 Å². The highest BCUT2D eigenvalue weighted by Crippen LogP contribution is 2.20. The molecule has 3 aromatic rings. The van der Waals surface area contributed by atoms with Crippen LogP contribution in [-0.2, 0) is 6.54 Å². The van der Waals surface area contributed by atoms with Gasteiger partial charge in [-0.25, -0.2) is 0 Å². The summed E-state index contributed by atoms with van der Waals surface area (Å²) in [6.07, 6.45) is 0. The van der Waals surface area contributed by atoms with Crippen molar-refractivity contribution in [2.75, 3.05) is 12.4 Å². The van der Waals surface area contributed by atoms with Crippen LogP contribution in [0, 0.1) is 0 Å². The van der Waals surface area contributed by atoms with Crippen molar-refractivity contribution in [2.45, 2.75) is 26.3 Å². The highest BCUT2D eigenvalue weighted by molar-refractivity contribution is 5.80. The Morgan fingerprint density at radius 3 is 2.50 bits per heavy atom. The van der Waals surface area contributed by atoms with E-state index >= 15 is 0 Å². The van der Waals surface area contributed by atoms with Crippen molar-refractivity contribution in [1.82, 2.24) is 4.98 Å². The maximum absolute atomic E-state index is 12.2. The average Bonchev–Trinajstić information content (AvgIpc) is 2.60. The lowest BCUT2D eigenvalue weighted by molar-refractivity contribution is 0.415. The van der Waals surface area contributed by atoms with Gasteiger partial charge in [-0.05, 0) is 47.9 Å². The van der Waals surface area contributed by atoms with Gasteiger partial charge in [-0.3, -0.25) is 4.79 Å². The van der Waals surface area contributed by atoms with Crippen LogP contribution in [-0.4, -0.2) is 12.1 Å². The molecule has 0 saturated carbocycles. The molecule has 124 valence electrons. The fraction of sp³-hybridized carbons (Fsp3) is 0.250. The van der Waals surface area contributed by atoms with Gasteiger partial charge in [0.25, 0.3) is 5.56 Å². The van der Waals surface area contributed by atoms with E-state index in [9.17, 15) is 4.79 Å². The Hall–Kier alpha value is -2.75. The zero-order valence-electron chi connectivity index (χ0n) is 14.2. The largest absolute Gasteiger partial charge is 0.497 e. The highest BCUT2D eigenvalue weighted by Gasteiger charge is 2.05. The number of ether oxygens (including phenoxy) is 1. The molecule has 0 bridgehead atoms. The number of hydrogen-bond acceptors (Lipinski definition) is 3. The van der Waals surface area contributed by atoms with Crippen molar-refractivity contribution in [3.63, 3.8) is 0 Å². The van der Waals surface area contributed by atoms with Crippen LogP contribution in [0.1, 0.15) is 30.9 Å². The van der Waals surface area contributed by atoms with Crippen molar-refractivity contribution in [3.05, 3.63) is 70.0 Å². The number of aromatic nitrogens is 1. The van der Waals surface area contributed by atoms with Crippen LogP contribution in [0.25, 0.3) is 10.9 Å². The summed E-state index contributed by atoms with van der Waals surface area (Å²) in [7, 11) is 1.64. The summed E-state index contributed by atoms with van der Waals surface area (Å²) in [5, 5.41) is 4.27. The standard InChI is InChI=1S/C20H22N2O2/c1-13(2)14-4-6-17(7-5-14)21-12-16-10-15-11-18(24-3)8-9-19(15)22-20(16)23/h4-11,13,21H,12H2,1-3H3,(H,22,23). The molecule has 2 N–H and O–H groups in total. The van der Waals surface area contributed by atoms with Crippen molar-refractivity contribution >= 4 is 16.6 Å². The van der Waals surface area contributed by atoms with Crippen LogP contribution in [0.5, 0.6) is 5.75 Å². The van der Waals surface area contributed by atoms with Crippen LogP contribution >= 0.6 is 0 Å². The topological polar surface area (TPSA) is 54.1 Å². The molecule has 3 rings (SSSR count). The lowest BCUT2D eigenvalue weighted by Gasteiger charge is -2.10. The number of aromatic amines is 1. The first kappa shape index (κ1) is 16.1. The van der Waals surface area contributed by atoms with E-state index in [4.69, 9.17) is 4.74 Å². The van der Waals surface area contributed by atoms with Gasteiger partial charge in [-0.1, -0.05) is 26.0 Å². The number of methoxy groups -OCH3 is 1. The summed E-state index contributed by atoms with van der Waals surface area (Å²) in [6.45, 7) is 4.82. The molecular weight excluding hydrogens is 300 g/mol. The summed E-state index contributed by atoms with van der Waals surface area (Å²) in [5.41, 5.74) is 3.74. The molecule has 4 heteroatoms. The second-order valence-electron chi connectivity index (χ2n) is 6.21. The summed E-state index contributed by atoms with van der Waals surface area (Å²) in [4.78, 5) is 15.1. The molecule has 4 nitrogen and oxygen atoms in total. The summed E-state index contributed by atoms with van der Waals surface area (Å²) in [6, 6.07) is 15.9. The van der Waals surface area contributed by atoms with Gasteiger partial charge in [0.15, 0.2) is 0 Å². The molecule has 24 heavy (non-hydrogen) atoms. The summed E-state index contributed by atoms with van der Waals surface area (Å²) >= 11 is 0. The highest BCUT2D eigenvalue weighted by atomic mass is 16.5.